The van der Waals surface area contributed by atoms with Gasteiger partial charge >= 0.3 is 5.69 Å². The van der Waals surface area contributed by atoms with Crippen molar-refractivity contribution in [3.8, 4) is 11.8 Å². The summed E-state index contributed by atoms with van der Waals surface area (Å²) in [7, 11) is 0. The molecule has 7 heteroatoms. The van der Waals surface area contributed by atoms with Crippen LogP contribution in [0.3, 0.4) is 0 Å². The summed E-state index contributed by atoms with van der Waals surface area (Å²) in [6.45, 7) is 0. The zero-order valence-corrected chi connectivity index (χ0v) is 13.0. The second-order valence-electron chi connectivity index (χ2n) is 5.27. The molecule has 23 heavy (non-hydrogen) atoms. The number of benzene rings is 1. The van der Waals surface area contributed by atoms with Gasteiger partial charge in [0.25, 0.3) is 0 Å². The fourth-order valence-corrected chi connectivity index (χ4v) is 3.84. The molecule has 0 radical (unpaired) electrons. The van der Waals surface area contributed by atoms with Crippen LogP contribution in [0.1, 0.15) is 34.4 Å². The number of nitro benzene ring substituents is 1. The highest BCUT2D eigenvalue weighted by atomic mass is 32.1. The maximum atomic E-state index is 10.8. The minimum Gasteiger partial charge on any atom is -0.502 e. The van der Waals surface area contributed by atoms with Gasteiger partial charge in [-0.25, -0.2) is 4.99 Å². The molecule has 0 unspecified atom stereocenters. The molecule has 0 atom stereocenters. The SMILES string of the molecule is N#Cc1c(N=Cc2ccc(O)c([N+](=O)[O-])c2)sc2c1CCCC2. The lowest BCUT2D eigenvalue weighted by Gasteiger charge is -2.09. The summed E-state index contributed by atoms with van der Waals surface area (Å²) in [5.41, 5.74) is 1.87. The van der Waals surface area contributed by atoms with E-state index >= 15 is 0 Å². The Hall–Kier alpha value is -2.72. The monoisotopic (exact) mass is 327 g/mol. The Balaban J connectivity index is 1.95. The number of phenols is 1. The molecule has 1 aromatic heterocycles. The van der Waals surface area contributed by atoms with Gasteiger partial charge in [-0.3, -0.25) is 10.1 Å². The van der Waals surface area contributed by atoms with Gasteiger partial charge in [0.1, 0.15) is 11.1 Å². The molecule has 0 saturated carbocycles. The third kappa shape index (κ3) is 2.94. The largest absolute Gasteiger partial charge is 0.502 e. The number of hydrogen-bond donors (Lipinski definition) is 1. The van der Waals surface area contributed by atoms with Gasteiger partial charge in [-0.2, -0.15) is 5.26 Å². The Kier molecular flexibility index (Phi) is 4.08. The van der Waals surface area contributed by atoms with Crippen LogP contribution in [0, 0.1) is 21.4 Å². The van der Waals surface area contributed by atoms with Gasteiger partial charge in [-0.05, 0) is 48.9 Å². The van der Waals surface area contributed by atoms with E-state index in [1.807, 2.05) is 0 Å². The lowest BCUT2D eigenvalue weighted by molar-refractivity contribution is -0.385. The molecule has 0 amide bonds. The Morgan fingerprint density at radius 3 is 2.91 bits per heavy atom. The average molecular weight is 327 g/mol. The lowest BCUT2D eigenvalue weighted by atomic mass is 9.96. The number of thiophene rings is 1. The van der Waals surface area contributed by atoms with Crippen LogP contribution in [0.2, 0.25) is 0 Å². The summed E-state index contributed by atoms with van der Waals surface area (Å²) < 4.78 is 0. The van der Waals surface area contributed by atoms with E-state index in [1.54, 1.807) is 6.07 Å². The number of fused-ring (bicyclic) bond motifs is 1. The summed E-state index contributed by atoms with van der Waals surface area (Å²) in [6.07, 6.45) is 5.60. The van der Waals surface area contributed by atoms with Crippen LogP contribution in [-0.2, 0) is 12.8 Å². The van der Waals surface area contributed by atoms with Crippen molar-refractivity contribution in [1.82, 2.24) is 0 Å². The van der Waals surface area contributed by atoms with Crippen LogP contribution < -0.4 is 0 Å². The molecule has 2 aromatic rings. The van der Waals surface area contributed by atoms with E-state index in [-0.39, 0.29) is 11.4 Å². The average Bonchev–Trinajstić information content (AvgIpc) is 2.91. The molecule has 0 aliphatic heterocycles. The molecule has 1 aliphatic carbocycles. The normalized spacial score (nSPS) is 13.7. The van der Waals surface area contributed by atoms with E-state index in [2.05, 4.69) is 11.1 Å². The number of aromatic hydroxyl groups is 1. The zero-order valence-electron chi connectivity index (χ0n) is 12.2. The van der Waals surface area contributed by atoms with Crippen LogP contribution in [0.5, 0.6) is 5.75 Å². The maximum Gasteiger partial charge on any atom is 0.311 e. The van der Waals surface area contributed by atoms with Crippen molar-refractivity contribution in [3.05, 3.63) is 49.9 Å². The molecule has 1 heterocycles. The van der Waals surface area contributed by atoms with Crippen molar-refractivity contribution in [2.45, 2.75) is 25.7 Å². The second kappa shape index (κ2) is 6.18. The van der Waals surface area contributed by atoms with E-state index in [0.29, 0.717) is 16.1 Å². The van der Waals surface area contributed by atoms with Crippen molar-refractivity contribution >= 4 is 28.2 Å². The minimum atomic E-state index is -0.642. The van der Waals surface area contributed by atoms with E-state index in [9.17, 15) is 20.5 Å². The Morgan fingerprint density at radius 1 is 1.39 bits per heavy atom. The number of hydrogen-bond acceptors (Lipinski definition) is 6. The molecule has 1 aromatic carbocycles. The smallest absolute Gasteiger partial charge is 0.311 e. The van der Waals surface area contributed by atoms with Crippen LogP contribution in [0.25, 0.3) is 0 Å². The van der Waals surface area contributed by atoms with Gasteiger partial charge in [0.2, 0.25) is 0 Å². The Labute approximate surface area is 136 Å². The fraction of sp³-hybridized carbons (Fsp3) is 0.250. The first kappa shape index (κ1) is 15.2. The molecule has 116 valence electrons. The Bertz CT molecular complexity index is 849. The summed E-state index contributed by atoms with van der Waals surface area (Å²) in [6, 6.07) is 6.30. The third-order valence-electron chi connectivity index (χ3n) is 3.79. The van der Waals surface area contributed by atoms with Gasteiger partial charge < -0.3 is 5.11 Å². The molecule has 0 fully saturated rings. The van der Waals surface area contributed by atoms with Crippen molar-refractivity contribution in [3.63, 3.8) is 0 Å². The van der Waals surface area contributed by atoms with Gasteiger partial charge in [0, 0.05) is 17.2 Å². The highest BCUT2D eigenvalue weighted by molar-refractivity contribution is 7.16. The van der Waals surface area contributed by atoms with E-state index in [0.717, 1.165) is 31.2 Å². The summed E-state index contributed by atoms with van der Waals surface area (Å²) in [5.74, 6) is -0.378. The van der Waals surface area contributed by atoms with Crippen LogP contribution in [0.4, 0.5) is 10.7 Å². The first-order valence-electron chi connectivity index (χ1n) is 7.16. The molecule has 6 nitrogen and oxygen atoms in total. The van der Waals surface area contributed by atoms with E-state index in [1.165, 1.54) is 34.6 Å². The number of nitriles is 1. The number of rotatable bonds is 3. The molecular formula is C16H13N3O3S. The first-order valence-corrected chi connectivity index (χ1v) is 7.98. The molecular weight excluding hydrogens is 314 g/mol. The molecule has 0 bridgehead atoms. The van der Waals surface area contributed by atoms with E-state index in [4.69, 9.17) is 0 Å². The molecule has 3 rings (SSSR count). The predicted octanol–water partition coefficient (Wildman–Crippen LogP) is 3.86. The lowest BCUT2D eigenvalue weighted by Crippen LogP contribution is -1.99. The van der Waals surface area contributed by atoms with Crippen LogP contribution >= 0.6 is 11.3 Å². The van der Waals surface area contributed by atoms with Crippen LogP contribution in [0.15, 0.2) is 23.2 Å². The highest BCUT2D eigenvalue weighted by Crippen LogP contribution is 2.39. The fourth-order valence-electron chi connectivity index (χ4n) is 2.66. The predicted molar refractivity (Wildman–Crippen MR) is 87.7 cm³/mol. The quantitative estimate of drug-likeness (QED) is 0.525. The van der Waals surface area contributed by atoms with Gasteiger partial charge in [-0.15, -0.1) is 11.3 Å². The van der Waals surface area contributed by atoms with E-state index < -0.39 is 4.92 Å². The summed E-state index contributed by atoms with van der Waals surface area (Å²) in [4.78, 5) is 15.8. The molecule has 1 aliphatic rings. The summed E-state index contributed by atoms with van der Waals surface area (Å²) in [5, 5.41) is 30.3. The highest BCUT2D eigenvalue weighted by Gasteiger charge is 2.20. The first-order chi connectivity index (χ1) is 11.1. The van der Waals surface area contributed by atoms with Gasteiger partial charge in [0.15, 0.2) is 5.75 Å². The number of aliphatic imine (C=N–C) groups is 1. The van der Waals surface area contributed by atoms with Gasteiger partial charge in [0.05, 0.1) is 10.5 Å². The van der Waals surface area contributed by atoms with Crippen molar-refractivity contribution < 1.29 is 10.0 Å². The Morgan fingerprint density at radius 2 is 2.17 bits per heavy atom. The number of aryl methyl sites for hydroxylation is 1. The van der Waals surface area contributed by atoms with Crippen molar-refractivity contribution in [1.29, 1.82) is 5.26 Å². The molecule has 1 N–H and O–H groups in total. The van der Waals surface area contributed by atoms with Gasteiger partial charge in [-0.1, -0.05) is 0 Å². The van der Waals surface area contributed by atoms with Crippen molar-refractivity contribution in [2.75, 3.05) is 0 Å². The number of phenolic OH excluding ortho intramolecular Hbond substituents is 1. The standard InChI is InChI=1S/C16H13N3O3S/c17-8-12-11-3-1-2-4-15(11)23-16(12)18-9-10-5-6-14(20)13(7-10)19(21)22/h5-7,9,20H,1-4H2. The topological polar surface area (TPSA) is 99.5 Å². The third-order valence-corrected chi connectivity index (χ3v) is 4.99. The van der Waals surface area contributed by atoms with Crippen molar-refractivity contribution in [2.24, 2.45) is 4.99 Å². The number of nitrogens with zero attached hydrogens (tertiary/aromatic N) is 3. The second-order valence-corrected chi connectivity index (χ2v) is 6.35. The molecule has 0 spiro atoms. The van der Waals surface area contributed by atoms with Crippen LogP contribution in [-0.4, -0.2) is 16.2 Å². The number of nitro groups is 1. The summed E-state index contributed by atoms with van der Waals surface area (Å²) >= 11 is 1.52. The molecule has 0 saturated heterocycles. The maximum absolute atomic E-state index is 10.8. The minimum absolute atomic E-state index is 0.361. The zero-order chi connectivity index (χ0) is 16.4.